The average Bonchev–Trinajstić information content (AvgIpc) is 2.55. The van der Waals surface area contributed by atoms with Crippen LogP contribution in [0.1, 0.15) is 5.56 Å². The van der Waals surface area contributed by atoms with Gasteiger partial charge in [0.15, 0.2) is 5.43 Å². The molecule has 0 fully saturated rings. The van der Waals surface area contributed by atoms with Crippen LogP contribution < -0.4 is 10.7 Å². The zero-order chi connectivity index (χ0) is 15.4. The van der Waals surface area contributed by atoms with E-state index >= 15 is 0 Å². The lowest BCUT2D eigenvalue weighted by Crippen LogP contribution is -2.09. The van der Waals surface area contributed by atoms with Crippen LogP contribution in [0.2, 0.25) is 0 Å². The number of aromatic nitrogens is 1. The van der Waals surface area contributed by atoms with E-state index in [9.17, 15) is 9.59 Å². The molecule has 2 heterocycles. The molecule has 0 unspecified atom stereocenters. The van der Waals surface area contributed by atoms with Crippen molar-refractivity contribution >= 4 is 28.6 Å². The molecule has 5 heteroatoms. The number of benzene rings is 1. The largest absolute Gasteiger partial charge is 0.463 e. The summed E-state index contributed by atoms with van der Waals surface area (Å²) in [7, 11) is 0. The van der Waals surface area contributed by atoms with Crippen molar-refractivity contribution in [2.24, 2.45) is 0 Å². The Morgan fingerprint density at radius 2 is 2.05 bits per heavy atom. The van der Waals surface area contributed by atoms with Gasteiger partial charge in [-0.15, -0.1) is 0 Å². The summed E-state index contributed by atoms with van der Waals surface area (Å²) in [5, 5.41) is 3.13. The second kappa shape index (κ2) is 6.05. The van der Waals surface area contributed by atoms with Gasteiger partial charge in [0.1, 0.15) is 11.8 Å². The number of para-hydroxylation sites is 1. The van der Waals surface area contributed by atoms with Crippen molar-refractivity contribution in [3.05, 3.63) is 76.9 Å². The van der Waals surface area contributed by atoms with E-state index in [1.165, 1.54) is 24.6 Å². The molecule has 3 aromatic rings. The summed E-state index contributed by atoms with van der Waals surface area (Å²) in [5.74, 6) is -0.347. The highest BCUT2D eigenvalue weighted by Gasteiger charge is 2.04. The van der Waals surface area contributed by atoms with Crippen molar-refractivity contribution in [3.8, 4) is 0 Å². The number of carbonyl (C=O) groups is 1. The van der Waals surface area contributed by atoms with Gasteiger partial charge in [0.05, 0.1) is 22.8 Å². The number of nitrogens with zero attached hydrogens (tertiary/aromatic N) is 1. The SMILES string of the molecule is O=C(/C=C/c1coc2ccccc2c1=O)Nc1cccnc1. The lowest BCUT2D eigenvalue weighted by atomic mass is 10.1. The topological polar surface area (TPSA) is 72.2 Å². The Hall–Kier alpha value is -3.21. The number of hydrogen-bond donors (Lipinski definition) is 1. The van der Waals surface area contributed by atoms with Gasteiger partial charge in [-0.05, 0) is 30.3 Å². The summed E-state index contributed by atoms with van der Waals surface area (Å²) >= 11 is 0. The maximum atomic E-state index is 12.2. The minimum atomic E-state index is -0.347. The van der Waals surface area contributed by atoms with Gasteiger partial charge < -0.3 is 9.73 Å². The first-order chi connectivity index (χ1) is 10.7. The second-order valence-electron chi connectivity index (χ2n) is 4.58. The van der Waals surface area contributed by atoms with Gasteiger partial charge in [-0.3, -0.25) is 14.6 Å². The predicted octanol–water partition coefficient (Wildman–Crippen LogP) is 2.84. The molecule has 1 N–H and O–H groups in total. The third-order valence-electron chi connectivity index (χ3n) is 3.05. The highest BCUT2D eigenvalue weighted by molar-refractivity contribution is 6.01. The highest BCUT2D eigenvalue weighted by Crippen LogP contribution is 2.11. The average molecular weight is 292 g/mol. The maximum absolute atomic E-state index is 12.2. The number of nitrogens with one attached hydrogen (secondary N) is 1. The molecule has 0 aliphatic carbocycles. The Kier molecular flexibility index (Phi) is 3.78. The summed E-state index contributed by atoms with van der Waals surface area (Å²) in [6.07, 6.45) is 7.22. The molecule has 1 amide bonds. The zero-order valence-corrected chi connectivity index (χ0v) is 11.5. The van der Waals surface area contributed by atoms with Gasteiger partial charge in [-0.25, -0.2) is 0 Å². The van der Waals surface area contributed by atoms with Crippen LogP contribution in [0.25, 0.3) is 17.0 Å². The van der Waals surface area contributed by atoms with Gasteiger partial charge >= 0.3 is 0 Å². The summed E-state index contributed by atoms with van der Waals surface area (Å²) in [6, 6.07) is 10.4. The predicted molar refractivity (Wildman–Crippen MR) is 84.4 cm³/mol. The van der Waals surface area contributed by atoms with Gasteiger partial charge in [0.2, 0.25) is 5.91 Å². The highest BCUT2D eigenvalue weighted by atomic mass is 16.3. The van der Waals surface area contributed by atoms with Crippen molar-refractivity contribution in [3.63, 3.8) is 0 Å². The van der Waals surface area contributed by atoms with E-state index in [2.05, 4.69) is 10.3 Å². The molecule has 5 nitrogen and oxygen atoms in total. The van der Waals surface area contributed by atoms with Crippen LogP contribution in [0.5, 0.6) is 0 Å². The van der Waals surface area contributed by atoms with Crippen molar-refractivity contribution in [1.82, 2.24) is 4.98 Å². The number of fused-ring (bicyclic) bond motifs is 1. The first-order valence-corrected chi connectivity index (χ1v) is 6.64. The van der Waals surface area contributed by atoms with E-state index in [0.29, 0.717) is 22.2 Å². The van der Waals surface area contributed by atoms with Crippen LogP contribution in [-0.4, -0.2) is 10.9 Å². The Morgan fingerprint density at radius 3 is 2.86 bits per heavy atom. The molecular weight excluding hydrogens is 280 g/mol. The number of rotatable bonds is 3. The monoisotopic (exact) mass is 292 g/mol. The first kappa shape index (κ1) is 13.8. The summed E-state index contributed by atoms with van der Waals surface area (Å²) in [4.78, 5) is 27.9. The quantitative estimate of drug-likeness (QED) is 0.753. The Morgan fingerprint density at radius 1 is 1.18 bits per heavy atom. The van der Waals surface area contributed by atoms with Crippen molar-refractivity contribution in [2.45, 2.75) is 0 Å². The number of anilines is 1. The zero-order valence-electron chi connectivity index (χ0n) is 11.5. The molecule has 22 heavy (non-hydrogen) atoms. The smallest absolute Gasteiger partial charge is 0.248 e. The van der Waals surface area contributed by atoms with Crippen LogP contribution in [0.4, 0.5) is 5.69 Å². The van der Waals surface area contributed by atoms with E-state index < -0.39 is 0 Å². The third-order valence-corrected chi connectivity index (χ3v) is 3.05. The standard InChI is InChI=1S/C17H12N2O3/c20-16(19-13-4-3-9-18-10-13)8-7-12-11-22-15-6-2-1-5-14(15)17(12)21/h1-11H,(H,19,20)/b8-7+. The summed E-state index contributed by atoms with van der Waals surface area (Å²) < 4.78 is 5.38. The summed E-state index contributed by atoms with van der Waals surface area (Å²) in [6.45, 7) is 0. The van der Waals surface area contributed by atoms with Crippen LogP contribution in [0.15, 0.2) is 70.3 Å². The molecule has 0 bridgehead atoms. The van der Waals surface area contributed by atoms with E-state index in [-0.39, 0.29) is 11.3 Å². The minimum Gasteiger partial charge on any atom is -0.463 e. The fourth-order valence-electron chi connectivity index (χ4n) is 1.99. The molecule has 0 aliphatic rings. The Labute approximate surface area is 125 Å². The molecule has 0 saturated heterocycles. The first-order valence-electron chi connectivity index (χ1n) is 6.64. The fraction of sp³-hybridized carbons (Fsp3) is 0. The molecule has 2 aromatic heterocycles. The van der Waals surface area contributed by atoms with Crippen molar-refractivity contribution < 1.29 is 9.21 Å². The van der Waals surface area contributed by atoms with E-state index in [1.807, 2.05) is 0 Å². The molecule has 0 spiro atoms. The Balaban J connectivity index is 1.82. The van der Waals surface area contributed by atoms with Crippen LogP contribution in [0, 0.1) is 0 Å². The number of amides is 1. The molecule has 108 valence electrons. The minimum absolute atomic E-state index is 0.174. The Bertz CT molecular complexity index is 898. The molecule has 3 rings (SSSR count). The summed E-state index contributed by atoms with van der Waals surface area (Å²) in [5.41, 5.74) is 1.25. The lowest BCUT2D eigenvalue weighted by molar-refractivity contribution is -0.111. The van der Waals surface area contributed by atoms with Crippen molar-refractivity contribution in [2.75, 3.05) is 5.32 Å². The number of hydrogen-bond acceptors (Lipinski definition) is 4. The molecule has 1 aromatic carbocycles. The number of pyridine rings is 1. The maximum Gasteiger partial charge on any atom is 0.248 e. The van der Waals surface area contributed by atoms with Gasteiger partial charge in [-0.2, -0.15) is 0 Å². The van der Waals surface area contributed by atoms with Crippen molar-refractivity contribution in [1.29, 1.82) is 0 Å². The van der Waals surface area contributed by atoms with Crippen LogP contribution >= 0.6 is 0 Å². The van der Waals surface area contributed by atoms with Gasteiger partial charge in [0, 0.05) is 12.3 Å². The molecule has 0 saturated carbocycles. The van der Waals surface area contributed by atoms with Gasteiger partial charge in [-0.1, -0.05) is 12.1 Å². The molecule has 0 radical (unpaired) electrons. The van der Waals surface area contributed by atoms with Crippen LogP contribution in [0.3, 0.4) is 0 Å². The lowest BCUT2D eigenvalue weighted by Gasteiger charge is -2.00. The number of carbonyl (C=O) groups excluding carboxylic acids is 1. The second-order valence-corrected chi connectivity index (χ2v) is 4.58. The van der Waals surface area contributed by atoms with E-state index in [0.717, 1.165) is 0 Å². The van der Waals surface area contributed by atoms with Gasteiger partial charge in [0.25, 0.3) is 0 Å². The van der Waals surface area contributed by atoms with Crippen LogP contribution in [-0.2, 0) is 4.79 Å². The third kappa shape index (κ3) is 2.93. The fourth-order valence-corrected chi connectivity index (χ4v) is 1.99. The van der Waals surface area contributed by atoms with E-state index in [4.69, 9.17) is 4.42 Å². The normalized spacial score (nSPS) is 10.9. The molecule has 0 atom stereocenters. The molecule has 0 aliphatic heterocycles. The molecular formula is C17H12N2O3. The van der Waals surface area contributed by atoms with E-state index in [1.54, 1.807) is 42.6 Å².